The molecule has 8 heteroatoms. The summed E-state index contributed by atoms with van der Waals surface area (Å²) in [6.45, 7) is 1.39. The maximum Gasteiger partial charge on any atom is 0.344 e. The van der Waals surface area contributed by atoms with Crippen molar-refractivity contribution in [1.82, 2.24) is 4.98 Å². The number of ether oxygens (including phenoxy) is 3. The van der Waals surface area contributed by atoms with E-state index in [-0.39, 0.29) is 6.61 Å². The minimum absolute atomic E-state index is 0.264. The first-order chi connectivity index (χ1) is 13.6. The van der Waals surface area contributed by atoms with Crippen molar-refractivity contribution >= 4 is 38.6 Å². The van der Waals surface area contributed by atoms with Crippen LogP contribution in [0.4, 0.5) is 5.13 Å². The molecule has 0 unspecified atom stereocenters. The van der Waals surface area contributed by atoms with Gasteiger partial charge in [-0.1, -0.05) is 30.4 Å². The monoisotopic (exact) mass is 400 g/mol. The summed E-state index contributed by atoms with van der Waals surface area (Å²) in [5.74, 6) is 0.200. The second-order valence-electron chi connectivity index (χ2n) is 5.85. The molecule has 0 radical (unpaired) electrons. The molecule has 28 heavy (non-hydrogen) atoms. The molecule has 7 nitrogen and oxygen atoms in total. The molecule has 2 aromatic carbocycles. The third-order valence-electron chi connectivity index (χ3n) is 3.89. The minimum Gasteiger partial charge on any atom is -0.497 e. The number of esters is 1. The number of anilines is 1. The Kier molecular flexibility index (Phi) is 6.44. The number of rotatable bonds is 8. The largest absolute Gasteiger partial charge is 0.497 e. The van der Waals surface area contributed by atoms with Crippen molar-refractivity contribution in [2.75, 3.05) is 25.6 Å². The van der Waals surface area contributed by atoms with Crippen LogP contribution in [0, 0.1) is 0 Å². The molecule has 0 bridgehead atoms. The molecule has 0 saturated heterocycles. The number of aromatic nitrogens is 1. The first-order valence-corrected chi connectivity index (χ1v) is 9.51. The van der Waals surface area contributed by atoms with Crippen LogP contribution in [0.3, 0.4) is 0 Å². The molecular formula is C20H20N2O5S. The molecule has 3 aromatic rings. The van der Waals surface area contributed by atoms with Gasteiger partial charge in [0.25, 0.3) is 5.91 Å². The number of hydrogen-bond acceptors (Lipinski definition) is 7. The van der Waals surface area contributed by atoms with E-state index in [1.54, 1.807) is 25.3 Å². The molecule has 0 saturated carbocycles. The number of fused-ring (bicyclic) bond motifs is 1. The molecule has 1 N–H and O–H groups in total. The Hall–Kier alpha value is -3.13. The van der Waals surface area contributed by atoms with E-state index in [4.69, 9.17) is 14.2 Å². The van der Waals surface area contributed by atoms with Gasteiger partial charge >= 0.3 is 5.97 Å². The van der Waals surface area contributed by atoms with E-state index in [1.807, 2.05) is 24.3 Å². The van der Waals surface area contributed by atoms with Crippen LogP contribution in [0.15, 0.2) is 42.5 Å². The van der Waals surface area contributed by atoms with Gasteiger partial charge in [-0.15, -0.1) is 0 Å². The lowest BCUT2D eigenvalue weighted by Crippen LogP contribution is -2.23. The van der Waals surface area contributed by atoms with Crippen molar-refractivity contribution in [3.63, 3.8) is 0 Å². The predicted molar refractivity (Wildman–Crippen MR) is 107 cm³/mol. The zero-order valence-electron chi connectivity index (χ0n) is 15.6. The first-order valence-electron chi connectivity index (χ1n) is 8.69. The third kappa shape index (κ3) is 5.20. The summed E-state index contributed by atoms with van der Waals surface area (Å²) in [5.41, 5.74) is 1.93. The van der Waals surface area contributed by atoms with E-state index in [1.165, 1.54) is 16.9 Å². The summed E-state index contributed by atoms with van der Waals surface area (Å²) in [6.07, 6.45) is 0.930. The van der Waals surface area contributed by atoms with Crippen molar-refractivity contribution < 1.29 is 23.8 Å². The van der Waals surface area contributed by atoms with E-state index in [2.05, 4.69) is 17.2 Å². The van der Waals surface area contributed by atoms with E-state index in [0.29, 0.717) is 16.6 Å². The van der Waals surface area contributed by atoms with Gasteiger partial charge in [0, 0.05) is 0 Å². The van der Waals surface area contributed by atoms with Crippen molar-refractivity contribution in [3.05, 3.63) is 48.0 Å². The molecule has 0 fully saturated rings. The molecular weight excluding hydrogens is 380 g/mol. The Morgan fingerprint density at radius 2 is 1.82 bits per heavy atom. The Labute approximate surface area is 166 Å². The molecule has 146 valence electrons. The number of thiazole rings is 1. The SMILES string of the molecule is CCc1ccc(OCC(=O)OCC(=O)Nc2nc3ccc(OC)cc3s2)cc1. The molecule has 1 heterocycles. The number of carbonyl (C=O) groups is 2. The number of amides is 1. The van der Waals surface area contributed by atoms with Gasteiger partial charge in [-0.05, 0) is 42.3 Å². The lowest BCUT2D eigenvalue weighted by molar-refractivity contribution is -0.149. The number of methoxy groups -OCH3 is 1. The van der Waals surface area contributed by atoms with Gasteiger partial charge in [-0.3, -0.25) is 10.1 Å². The van der Waals surface area contributed by atoms with E-state index < -0.39 is 18.5 Å². The highest BCUT2D eigenvalue weighted by Crippen LogP contribution is 2.29. The van der Waals surface area contributed by atoms with Crippen LogP contribution < -0.4 is 14.8 Å². The summed E-state index contributed by atoms with van der Waals surface area (Å²) < 4.78 is 16.3. The Balaban J connectivity index is 1.45. The first kappa shape index (κ1) is 19.6. The smallest absolute Gasteiger partial charge is 0.344 e. The number of hydrogen-bond donors (Lipinski definition) is 1. The van der Waals surface area contributed by atoms with E-state index in [9.17, 15) is 9.59 Å². The molecule has 0 atom stereocenters. The van der Waals surface area contributed by atoms with Gasteiger partial charge in [0.15, 0.2) is 18.3 Å². The van der Waals surface area contributed by atoms with Crippen LogP contribution >= 0.6 is 11.3 Å². The number of benzene rings is 2. The quantitative estimate of drug-likeness (QED) is 0.583. The standard InChI is InChI=1S/C20H20N2O5S/c1-3-13-4-6-14(7-5-13)26-12-19(24)27-11-18(23)22-20-21-16-9-8-15(25-2)10-17(16)28-20/h4-10H,3,11-12H2,1-2H3,(H,21,22,23). The zero-order valence-corrected chi connectivity index (χ0v) is 16.4. The summed E-state index contributed by atoms with van der Waals surface area (Å²) in [4.78, 5) is 28.0. The fourth-order valence-corrected chi connectivity index (χ4v) is 3.30. The Morgan fingerprint density at radius 1 is 1.07 bits per heavy atom. The molecule has 3 rings (SSSR count). The lowest BCUT2D eigenvalue weighted by Gasteiger charge is -2.07. The molecule has 0 aliphatic heterocycles. The molecule has 0 aliphatic rings. The summed E-state index contributed by atoms with van der Waals surface area (Å²) in [7, 11) is 1.59. The number of carbonyl (C=O) groups excluding carboxylic acids is 2. The fraction of sp³-hybridized carbons (Fsp3) is 0.250. The van der Waals surface area contributed by atoms with Crippen LogP contribution in [0.25, 0.3) is 10.2 Å². The highest BCUT2D eigenvalue weighted by molar-refractivity contribution is 7.22. The van der Waals surface area contributed by atoms with Crippen LogP contribution in [0.1, 0.15) is 12.5 Å². The van der Waals surface area contributed by atoms with Gasteiger partial charge in [0.05, 0.1) is 17.3 Å². The van der Waals surface area contributed by atoms with E-state index in [0.717, 1.165) is 16.6 Å². The predicted octanol–water partition coefficient (Wildman–Crippen LogP) is 3.43. The van der Waals surface area contributed by atoms with Crippen molar-refractivity contribution in [2.45, 2.75) is 13.3 Å². The van der Waals surface area contributed by atoms with Crippen LogP contribution in [0.5, 0.6) is 11.5 Å². The van der Waals surface area contributed by atoms with E-state index >= 15 is 0 Å². The average molecular weight is 400 g/mol. The lowest BCUT2D eigenvalue weighted by atomic mass is 10.2. The number of nitrogens with zero attached hydrogens (tertiary/aromatic N) is 1. The van der Waals surface area contributed by atoms with Crippen molar-refractivity contribution in [2.24, 2.45) is 0 Å². The van der Waals surface area contributed by atoms with Gasteiger partial charge in [-0.2, -0.15) is 0 Å². The fourth-order valence-electron chi connectivity index (χ4n) is 2.39. The van der Waals surface area contributed by atoms with Gasteiger partial charge < -0.3 is 14.2 Å². The highest BCUT2D eigenvalue weighted by Gasteiger charge is 2.12. The second kappa shape index (κ2) is 9.18. The zero-order chi connectivity index (χ0) is 19.9. The third-order valence-corrected chi connectivity index (χ3v) is 4.83. The van der Waals surface area contributed by atoms with Crippen molar-refractivity contribution in [3.8, 4) is 11.5 Å². The maximum atomic E-state index is 12.0. The average Bonchev–Trinajstić information content (AvgIpc) is 3.12. The Bertz CT molecular complexity index is 968. The summed E-state index contributed by atoms with van der Waals surface area (Å²) >= 11 is 1.31. The normalized spacial score (nSPS) is 10.5. The van der Waals surface area contributed by atoms with Crippen LogP contribution in [-0.2, 0) is 20.7 Å². The molecule has 0 spiro atoms. The number of aryl methyl sites for hydroxylation is 1. The van der Waals surface area contributed by atoms with Crippen LogP contribution in [-0.4, -0.2) is 37.2 Å². The second-order valence-corrected chi connectivity index (χ2v) is 6.88. The highest BCUT2D eigenvalue weighted by atomic mass is 32.1. The van der Waals surface area contributed by atoms with Crippen molar-refractivity contribution in [1.29, 1.82) is 0 Å². The van der Waals surface area contributed by atoms with Gasteiger partial charge in [0.2, 0.25) is 0 Å². The van der Waals surface area contributed by atoms with Crippen LogP contribution in [0.2, 0.25) is 0 Å². The number of nitrogens with one attached hydrogen (secondary N) is 1. The Morgan fingerprint density at radius 3 is 2.54 bits per heavy atom. The topological polar surface area (TPSA) is 86.8 Å². The molecule has 1 amide bonds. The van der Waals surface area contributed by atoms with Gasteiger partial charge in [0.1, 0.15) is 11.5 Å². The van der Waals surface area contributed by atoms with Gasteiger partial charge in [-0.25, -0.2) is 9.78 Å². The molecule has 1 aromatic heterocycles. The summed E-state index contributed by atoms with van der Waals surface area (Å²) in [6, 6.07) is 12.9. The molecule has 0 aliphatic carbocycles. The maximum absolute atomic E-state index is 12.0. The summed E-state index contributed by atoms with van der Waals surface area (Å²) in [5, 5.41) is 3.05. The minimum atomic E-state index is -0.622.